The van der Waals surface area contributed by atoms with Gasteiger partial charge in [0.25, 0.3) is 0 Å². The molecule has 10 heteroatoms. The summed E-state index contributed by atoms with van der Waals surface area (Å²) < 4.78 is 51.7. The van der Waals surface area contributed by atoms with E-state index in [4.69, 9.17) is 15.2 Å². The molecule has 0 bridgehead atoms. The number of aliphatic hydroxyl groups is 1. The molecular weight excluding hydrogens is 463 g/mol. The van der Waals surface area contributed by atoms with Gasteiger partial charge in [0.15, 0.2) is 11.5 Å². The van der Waals surface area contributed by atoms with Crippen LogP contribution < -0.4 is 19.5 Å². The van der Waals surface area contributed by atoms with Gasteiger partial charge in [-0.15, -0.1) is 0 Å². The molecule has 3 aromatic rings. The Kier molecular flexibility index (Phi) is 6.15. The Morgan fingerprint density at radius 3 is 2.44 bits per heavy atom. The molecule has 2 unspecified atom stereocenters. The first kappa shape index (κ1) is 23.8. The van der Waals surface area contributed by atoms with Crippen molar-refractivity contribution in [3.63, 3.8) is 0 Å². The fourth-order valence-electron chi connectivity index (χ4n) is 4.00. The summed E-state index contributed by atoms with van der Waals surface area (Å²) in [6.07, 6.45) is 1.17. The Morgan fingerprint density at radius 2 is 1.79 bits per heavy atom. The molecule has 1 aliphatic heterocycles. The highest BCUT2D eigenvalue weighted by Crippen LogP contribution is 2.43. The van der Waals surface area contributed by atoms with E-state index in [1.54, 1.807) is 30.3 Å². The fourth-order valence-corrected chi connectivity index (χ4v) is 5.16. The number of halogens is 1. The maximum atomic E-state index is 13.5. The second kappa shape index (κ2) is 8.79. The summed E-state index contributed by atoms with van der Waals surface area (Å²) in [5.74, 6) is 0.0984. The minimum Gasteiger partial charge on any atom is -0.505 e. The Bertz CT molecular complexity index is 1310. The van der Waals surface area contributed by atoms with E-state index in [9.17, 15) is 23.0 Å². The van der Waals surface area contributed by atoms with Gasteiger partial charge in [-0.25, -0.2) is 12.8 Å². The van der Waals surface area contributed by atoms with Crippen LogP contribution in [0.2, 0.25) is 0 Å². The number of phenolic OH excluding ortho intramolecular Hbond substituents is 1. The zero-order chi connectivity index (χ0) is 24.7. The van der Waals surface area contributed by atoms with E-state index < -0.39 is 33.4 Å². The van der Waals surface area contributed by atoms with Crippen molar-refractivity contribution >= 4 is 15.7 Å². The topological polar surface area (TPSA) is 122 Å². The summed E-state index contributed by atoms with van der Waals surface area (Å²) in [6.45, 7) is 1.33. The molecule has 34 heavy (non-hydrogen) atoms. The molecule has 2 atom stereocenters. The average molecular weight is 489 g/mol. The molecule has 4 N–H and O–H groups in total. The number of anilines is 1. The first-order chi connectivity index (χ1) is 15.9. The molecule has 0 saturated heterocycles. The molecule has 0 radical (unpaired) electrons. The SMILES string of the molecule is CC(N)(O)c1cccc(N(C(Cc2ccc(F)cc2)c2ccc3c(c2)OCO3)S(C)(=O)=O)c1O. The number of ether oxygens (including phenoxy) is 2. The number of aromatic hydroxyl groups is 1. The van der Waals surface area contributed by atoms with Crippen molar-refractivity contribution in [1.29, 1.82) is 0 Å². The predicted octanol–water partition coefficient (Wildman–Crippen LogP) is 3.13. The van der Waals surface area contributed by atoms with E-state index in [1.165, 1.54) is 37.3 Å². The lowest BCUT2D eigenvalue weighted by atomic mass is 9.97. The zero-order valence-electron chi connectivity index (χ0n) is 18.6. The van der Waals surface area contributed by atoms with E-state index in [0.717, 1.165) is 10.6 Å². The summed E-state index contributed by atoms with van der Waals surface area (Å²) in [4.78, 5) is 0. The molecule has 0 fully saturated rings. The summed E-state index contributed by atoms with van der Waals surface area (Å²) in [5, 5.41) is 21.3. The third-order valence-electron chi connectivity index (χ3n) is 5.56. The van der Waals surface area contributed by atoms with Crippen LogP contribution in [0.4, 0.5) is 10.1 Å². The number of phenols is 1. The minimum absolute atomic E-state index is 0.0372. The molecular formula is C24H25FN2O6S. The van der Waals surface area contributed by atoms with Gasteiger partial charge < -0.3 is 19.7 Å². The molecule has 4 rings (SSSR count). The van der Waals surface area contributed by atoms with Gasteiger partial charge in [-0.1, -0.05) is 30.3 Å². The highest BCUT2D eigenvalue weighted by Gasteiger charge is 2.34. The van der Waals surface area contributed by atoms with Crippen LogP contribution in [-0.2, 0) is 22.2 Å². The van der Waals surface area contributed by atoms with Gasteiger partial charge in [-0.3, -0.25) is 10.0 Å². The normalized spacial score (nSPS) is 15.6. The first-order valence-electron chi connectivity index (χ1n) is 10.4. The lowest BCUT2D eigenvalue weighted by molar-refractivity contribution is 0.0621. The largest absolute Gasteiger partial charge is 0.505 e. The van der Waals surface area contributed by atoms with Crippen LogP contribution in [0.15, 0.2) is 60.7 Å². The number of hydrogen-bond acceptors (Lipinski definition) is 7. The van der Waals surface area contributed by atoms with Gasteiger partial charge in [0.1, 0.15) is 17.3 Å². The number of sulfonamides is 1. The Morgan fingerprint density at radius 1 is 1.12 bits per heavy atom. The Labute approximate surface area is 197 Å². The van der Waals surface area contributed by atoms with E-state index in [2.05, 4.69) is 0 Å². The van der Waals surface area contributed by atoms with Crippen LogP contribution in [-0.4, -0.2) is 31.7 Å². The van der Waals surface area contributed by atoms with E-state index in [0.29, 0.717) is 22.6 Å². The average Bonchev–Trinajstić information content (AvgIpc) is 3.22. The lowest BCUT2D eigenvalue weighted by Gasteiger charge is -2.34. The molecule has 1 heterocycles. The highest BCUT2D eigenvalue weighted by atomic mass is 32.2. The van der Waals surface area contributed by atoms with E-state index >= 15 is 0 Å². The Balaban J connectivity index is 1.90. The molecule has 8 nitrogen and oxygen atoms in total. The summed E-state index contributed by atoms with van der Waals surface area (Å²) >= 11 is 0. The summed E-state index contributed by atoms with van der Waals surface area (Å²) in [5.41, 5.74) is 5.00. The first-order valence-corrected chi connectivity index (χ1v) is 12.3. The van der Waals surface area contributed by atoms with Crippen LogP contribution in [0.5, 0.6) is 17.2 Å². The maximum absolute atomic E-state index is 13.5. The quantitative estimate of drug-likeness (QED) is 0.437. The standard InChI is InChI=1S/C24H25FN2O6S/c1-24(26,29)18-4-3-5-19(23(18)28)27(34(2,30)31)20(12-15-6-9-17(25)10-7-15)16-8-11-21-22(13-16)33-14-32-21/h3-11,13,20,28-29H,12,14,26H2,1-2H3. The van der Waals surface area contributed by atoms with Crippen molar-refractivity contribution in [3.05, 3.63) is 83.2 Å². The second-order valence-electron chi connectivity index (χ2n) is 8.34. The van der Waals surface area contributed by atoms with Crippen LogP contribution in [0.1, 0.15) is 29.7 Å². The van der Waals surface area contributed by atoms with Gasteiger partial charge in [0.2, 0.25) is 16.8 Å². The van der Waals surface area contributed by atoms with Gasteiger partial charge in [-0.2, -0.15) is 0 Å². The lowest BCUT2D eigenvalue weighted by Crippen LogP contribution is -2.37. The van der Waals surface area contributed by atoms with Crippen molar-refractivity contribution in [2.24, 2.45) is 5.73 Å². The van der Waals surface area contributed by atoms with Crippen molar-refractivity contribution < 1.29 is 32.5 Å². The number of benzene rings is 3. The smallest absolute Gasteiger partial charge is 0.232 e. The molecule has 0 spiro atoms. The zero-order valence-corrected chi connectivity index (χ0v) is 19.4. The molecule has 0 saturated carbocycles. The molecule has 0 aliphatic carbocycles. The summed E-state index contributed by atoms with van der Waals surface area (Å²) in [6, 6.07) is 14.3. The number of fused-ring (bicyclic) bond motifs is 1. The van der Waals surface area contributed by atoms with Gasteiger partial charge >= 0.3 is 0 Å². The van der Waals surface area contributed by atoms with Gasteiger partial charge in [0.05, 0.1) is 18.0 Å². The van der Waals surface area contributed by atoms with Crippen LogP contribution in [0.25, 0.3) is 0 Å². The van der Waals surface area contributed by atoms with Gasteiger partial charge in [0, 0.05) is 5.56 Å². The van der Waals surface area contributed by atoms with Crippen molar-refractivity contribution in [3.8, 4) is 17.2 Å². The highest BCUT2D eigenvalue weighted by molar-refractivity contribution is 7.92. The molecule has 180 valence electrons. The van der Waals surface area contributed by atoms with Crippen molar-refractivity contribution in [1.82, 2.24) is 0 Å². The third-order valence-corrected chi connectivity index (χ3v) is 6.73. The van der Waals surface area contributed by atoms with E-state index in [1.807, 2.05) is 0 Å². The van der Waals surface area contributed by atoms with Crippen LogP contribution >= 0.6 is 0 Å². The molecule has 3 aromatic carbocycles. The molecule has 0 amide bonds. The summed E-state index contributed by atoms with van der Waals surface area (Å²) in [7, 11) is -3.99. The number of rotatable bonds is 7. The third kappa shape index (κ3) is 4.79. The number of hydrogen-bond donors (Lipinski definition) is 3. The number of para-hydroxylation sites is 1. The second-order valence-corrected chi connectivity index (χ2v) is 10.2. The fraction of sp³-hybridized carbons (Fsp3) is 0.250. The minimum atomic E-state index is -3.99. The molecule has 0 aromatic heterocycles. The van der Waals surface area contributed by atoms with Gasteiger partial charge in [-0.05, 0) is 54.8 Å². The van der Waals surface area contributed by atoms with Crippen LogP contribution in [0, 0.1) is 5.82 Å². The Hall–Kier alpha value is -3.34. The monoisotopic (exact) mass is 488 g/mol. The van der Waals surface area contributed by atoms with Crippen molar-refractivity contribution in [2.75, 3.05) is 17.4 Å². The van der Waals surface area contributed by atoms with Crippen molar-refractivity contribution in [2.45, 2.75) is 25.1 Å². The number of nitrogens with zero attached hydrogens (tertiary/aromatic N) is 1. The van der Waals surface area contributed by atoms with E-state index in [-0.39, 0.29) is 24.5 Å². The molecule has 1 aliphatic rings. The number of nitrogens with two attached hydrogens (primary N) is 1. The van der Waals surface area contributed by atoms with Crippen LogP contribution in [0.3, 0.4) is 0 Å². The maximum Gasteiger partial charge on any atom is 0.232 e. The predicted molar refractivity (Wildman–Crippen MR) is 125 cm³/mol.